The number of fused-ring (bicyclic) bond motifs is 2. The van der Waals surface area contributed by atoms with Gasteiger partial charge in [-0.25, -0.2) is 0 Å². The van der Waals surface area contributed by atoms with Gasteiger partial charge in [0.25, 0.3) is 5.91 Å². The predicted molar refractivity (Wildman–Crippen MR) is 120 cm³/mol. The maximum atomic E-state index is 13.0. The zero-order chi connectivity index (χ0) is 22.9. The van der Waals surface area contributed by atoms with E-state index in [1.54, 1.807) is 30.3 Å². The summed E-state index contributed by atoms with van der Waals surface area (Å²) < 4.78 is 16.8. The second-order valence-corrected chi connectivity index (χ2v) is 8.12. The second kappa shape index (κ2) is 8.67. The van der Waals surface area contributed by atoms with Crippen molar-refractivity contribution in [2.24, 2.45) is 0 Å². The molecule has 9 heteroatoms. The van der Waals surface area contributed by atoms with Crippen molar-refractivity contribution < 1.29 is 28.9 Å². The van der Waals surface area contributed by atoms with Crippen molar-refractivity contribution in [2.45, 2.75) is 12.1 Å². The fourth-order valence-corrected chi connectivity index (χ4v) is 4.51. The van der Waals surface area contributed by atoms with E-state index < -0.39 is 18.1 Å². The number of aromatic nitrogens is 1. The Balaban J connectivity index is 1.29. The van der Waals surface area contributed by atoms with Crippen molar-refractivity contribution in [3.8, 4) is 17.2 Å². The Hall–Kier alpha value is -3.72. The van der Waals surface area contributed by atoms with E-state index in [9.17, 15) is 14.7 Å². The minimum absolute atomic E-state index is 0.146. The number of nitrogens with one attached hydrogen (secondary N) is 1. The van der Waals surface area contributed by atoms with Crippen molar-refractivity contribution in [1.29, 1.82) is 0 Å². The largest absolute Gasteiger partial charge is 0.497 e. The van der Waals surface area contributed by atoms with Gasteiger partial charge in [0.05, 0.1) is 7.11 Å². The molecule has 0 saturated carbocycles. The number of H-pyrrole nitrogens is 1. The van der Waals surface area contributed by atoms with Gasteiger partial charge in [0.15, 0.2) is 11.5 Å². The lowest BCUT2D eigenvalue weighted by atomic mass is 10.0. The van der Waals surface area contributed by atoms with Crippen LogP contribution in [0.5, 0.6) is 17.2 Å². The molecule has 2 N–H and O–H groups in total. The quantitative estimate of drug-likeness (QED) is 0.613. The molecule has 0 bridgehead atoms. The first kappa shape index (κ1) is 21.1. The summed E-state index contributed by atoms with van der Waals surface area (Å²) >= 11 is 0. The lowest BCUT2D eigenvalue weighted by Crippen LogP contribution is -2.55. The molecule has 172 valence electrons. The lowest BCUT2D eigenvalue weighted by Gasteiger charge is -2.39. The number of carboxylic acid groups (broad SMARTS) is 1. The number of carbonyl (C=O) groups is 2. The summed E-state index contributed by atoms with van der Waals surface area (Å²) in [6.07, 6.45) is 1.04. The third-order valence-electron chi connectivity index (χ3n) is 6.22. The molecule has 2 aliphatic rings. The molecular weight excluding hydrogens is 426 g/mol. The molecule has 0 unspecified atom stereocenters. The number of benzene rings is 2. The maximum Gasteiger partial charge on any atom is 0.325 e. The van der Waals surface area contributed by atoms with E-state index in [0.29, 0.717) is 49.0 Å². The Morgan fingerprint density at radius 1 is 1.12 bits per heavy atom. The molecule has 1 saturated heterocycles. The summed E-state index contributed by atoms with van der Waals surface area (Å²) in [5, 5.41) is 10.9. The molecular formula is C24H25N3O6. The monoisotopic (exact) mass is 451 g/mol. The van der Waals surface area contributed by atoms with E-state index in [4.69, 9.17) is 14.2 Å². The minimum Gasteiger partial charge on any atom is -0.497 e. The number of rotatable bonds is 5. The number of carboxylic acids is 1. The smallest absolute Gasteiger partial charge is 0.325 e. The number of hydrogen-bond donors (Lipinski definition) is 2. The molecule has 0 spiro atoms. The van der Waals surface area contributed by atoms with E-state index in [0.717, 1.165) is 10.9 Å². The second-order valence-electron chi connectivity index (χ2n) is 8.12. The van der Waals surface area contributed by atoms with Crippen LogP contribution in [0.3, 0.4) is 0 Å². The van der Waals surface area contributed by atoms with Gasteiger partial charge in [-0.1, -0.05) is 12.1 Å². The van der Waals surface area contributed by atoms with Crippen LogP contribution in [0.25, 0.3) is 10.9 Å². The summed E-state index contributed by atoms with van der Waals surface area (Å²) in [7, 11) is 1.58. The van der Waals surface area contributed by atoms with Crippen LogP contribution in [0.2, 0.25) is 0 Å². The van der Waals surface area contributed by atoms with Crippen molar-refractivity contribution >= 4 is 22.8 Å². The highest BCUT2D eigenvalue weighted by molar-refractivity contribution is 5.90. The molecule has 33 heavy (non-hydrogen) atoms. The van der Waals surface area contributed by atoms with Crippen LogP contribution in [-0.4, -0.2) is 77.8 Å². The molecule has 1 fully saturated rings. The molecule has 2 aromatic carbocycles. The molecule has 3 heterocycles. The summed E-state index contributed by atoms with van der Waals surface area (Å²) in [5.41, 5.74) is 1.53. The van der Waals surface area contributed by atoms with Gasteiger partial charge in [0.1, 0.15) is 18.4 Å². The van der Waals surface area contributed by atoms with Gasteiger partial charge >= 0.3 is 5.97 Å². The summed E-state index contributed by atoms with van der Waals surface area (Å²) in [4.78, 5) is 32.0. The standard InChI is InChI=1S/C24H25N3O6/c1-31-15-6-7-18-16(12-15)17(13-25-18)22(24(29)30)26-8-10-27(11-9-26)23(28)21-14-32-19-4-2-3-5-20(19)33-21/h2-7,12-13,21-22,25H,8-11,14H2,1H3,(H,29,30)/t21-,22-/m1/s1. The van der Waals surface area contributed by atoms with E-state index in [2.05, 4.69) is 4.98 Å². The van der Waals surface area contributed by atoms with Crippen LogP contribution in [0, 0.1) is 0 Å². The fraction of sp³-hybridized carbons (Fsp3) is 0.333. The average Bonchev–Trinajstić information content (AvgIpc) is 3.26. The highest BCUT2D eigenvalue weighted by Gasteiger charge is 2.36. The first-order valence-electron chi connectivity index (χ1n) is 10.8. The normalized spacial score (nSPS) is 19.3. The zero-order valence-corrected chi connectivity index (χ0v) is 18.2. The minimum atomic E-state index is -0.931. The number of hydrogen-bond acceptors (Lipinski definition) is 6. The summed E-state index contributed by atoms with van der Waals surface area (Å²) in [5.74, 6) is 0.777. The van der Waals surface area contributed by atoms with Crippen LogP contribution in [0.15, 0.2) is 48.7 Å². The molecule has 2 atom stereocenters. The Morgan fingerprint density at radius 3 is 2.61 bits per heavy atom. The number of piperazine rings is 1. The van der Waals surface area contributed by atoms with Gasteiger partial charge in [-0.3, -0.25) is 14.5 Å². The van der Waals surface area contributed by atoms with Gasteiger partial charge in [-0.15, -0.1) is 0 Å². The van der Waals surface area contributed by atoms with Crippen LogP contribution in [-0.2, 0) is 9.59 Å². The van der Waals surface area contributed by atoms with E-state index >= 15 is 0 Å². The molecule has 2 aliphatic heterocycles. The molecule has 3 aromatic rings. The number of aromatic amines is 1. The third-order valence-corrected chi connectivity index (χ3v) is 6.22. The number of nitrogens with zero attached hydrogens (tertiary/aromatic N) is 2. The predicted octanol–water partition coefficient (Wildman–Crippen LogP) is 2.29. The van der Waals surface area contributed by atoms with Crippen molar-refractivity contribution in [1.82, 2.24) is 14.8 Å². The van der Waals surface area contributed by atoms with Crippen LogP contribution in [0.4, 0.5) is 0 Å². The molecule has 0 radical (unpaired) electrons. The average molecular weight is 451 g/mol. The summed E-state index contributed by atoms with van der Waals surface area (Å²) in [6, 6.07) is 12.0. The maximum absolute atomic E-state index is 13.0. The number of carbonyl (C=O) groups excluding carboxylic acids is 1. The van der Waals surface area contributed by atoms with Gasteiger partial charge in [0, 0.05) is 48.8 Å². The van der Waals surface area contributed by atoms with E-state index in [1.165, 1.54) is 0 Å². The Bertz CT molecular complexity index is 1180. The number of methoxy groups -OCH3 is 1. The van der Waals surface area contributed by atoms with Gasteiger partial charge in [-0.05, 0) is 30.3 Å². The SMILES string of the molecule is COc1ccc2[nH]cc([C@H](C(=O)O)N3CCN(C(=O)[C@H]4COc5ccccc5O4)CC3)c2c1. The molecule has 5 rings (SSSR count). The van der Waals surface area contributed by atoms with Crippen molar-refractivity contribution in [3.05, 3.63) is 54.2 Å². The Morgan fingerprint density at radius 2 is 1.88 bits per heavy atom. The van der Waals surface area contributed by atoms with Gasteiger partial charge < -0.3 is 29.2 Å². The lowest BCUT2D eigenvalue weighted by molar-refractivity contribution is -0.147. The molecule has 1 aromatic heterocycles. The highest BCUT2D eigenvalue weighted by Crippen LogP contribution is 2.33. The van der Waals surface area contributed by atoms with E-state index in [1.807, 2.05) is 35.2 Å². The van der Waals surface area contributed by atoms with Gasteiger partial charge in [-0.2, -0.15) is 0 Å². The third kappa shape index (κ3) is 3.95. The molecule has 9 nitrogen and oxygen atoms in total. The number of ether oxygens (including phenoxy) is 3. The number of amides is 1. The first-order valence-corrected chi connectivity index (χ1v) is 10.8. The summed E-state index contributed by atoms with van der Waals surface area (Å²) in [6.45, 7) is 1.85. The van der Waals surface area contributed by atoms with E-state index in [-0.39, 0.29) is 12.5 Å². The first-order chi connectivity index (χ1) is 16.0. The van der Waals surface area contributed by atoms with Crippen LogP contribution in [0.1, 0.15) is 11.6 Å². The highest BCUT2D eigenvalue weighted by atomic mass is 16.6. The van der Waals surface area contributed by atoms with Crippen molar-refractivity contribution in [3.63, 3.8) is 0 Å². The number of aliphatic carboxylic acids is 1. The fourth-order valence-electron chi connectivity index (χ4n) is 4.51. The zero-order valence-electron chi connectivity index (χ0n) is 18.2. The topological polar surface area (TPSA) is 104 Å². The Labute approximate surface area is 190 Å². The number of para-hydroxylation sites is 2. The Kier molecular flexibility index (Phi) is 5.55. The van der Waals surface area contributed by atoms with Gasteiger partial charge in [0.2, 0.25) is 6.10 Å². The van der Waals surface area contributed by atoms with Crippen molar-refractivity contribution in [2.75, 3.05) is 39.9 Å². The van der Waals surface area contributed by atoms with Crippen LogP contribution >= 0.6 is 0 Å². The van der Waals surface area contributed by atoms with Crippen LogP contribution < -0.4 is 14.2 Å². The molecule has 0 aliphatic carbocycles. The molecule has 1 amide bonds.